The number of piperidine rings is 1. The molecule has 2 rings (SSSR count). The number of carbonyl (C=O) groups excluding carboxylic acids is 1. The predicted molar refractivity (Wildman–Crippen MR) is 70.2 cm³/mol. The number of alkyl halides is 1. The molecule has 0 bridgehead atoms. The molecule has 1 aliphatic rings. The Morgan fingerprint density at radius 2 is 2.12 bits per heavy atom. The lowest BCUT2D eigenvalue weighted by molar-refractivity contribution is -0.111. The third-order valence-electron chi connectivity index (χ3n) is 3.42. The van der Waals surface area contributed by atoms with E-state index in [1.165, 1.54) is 12.0 Å². The number of benzene rings is 1. The Balaban J connectivity index is 2.04. The first kappa shape index (κ1) is 12.6. The Hall–Kier alpha value is -0.860. The highest BCUT2D eigenvalue weighted by Gasteiger charge is 2.27. The van der Waals surface area contributed by atoms with E-state index < -0.39 is 5.50 Å². The van der Waals surface area contributed by atoms with Crippen LogP contribution in [-0.4, -0.2) is 29.3 Å². The molecule has 17 heavy (non-hydrogen) atoms. The third kappa shape index (κ3) is 3.30. The van der Waals surface area contributed by atoms with Crippen molar-refractivity contribution >= 4 is 17.9 Å². The summed E-state index contributed by atoms with van der Waals surface area (Å²) < 4.78 is 0. The van der Waals surface area contributed by atoms with E-state index in [2.05, 4.69) is 29.2 Å². The molecule has 92 valence electrons. The van der Waals surface area contributed by atoms with E-state index in [4.69, 9.17) is 11.6 Å². The lowest BCUT2D eigenvalue weighted by Gasteiger charge is -2.37. The molecule has 1 aromatic carbocycles. The molecule has 1 saturated heterocycles. The lowest BCUT2D eigenvalue weighted by Crippen LogP contribution is -2.45. The van der Waals surface area contributed by atoms with Gasteiger partial charge in [-0.05, 0) is 24.8 Å². The molecule has 3 heteroatoms. The monoisotopic (exact) mass is 251 g/mol. The average molecular weight is 252 g/mol. The molecule has 1 heterocycles. The van der Waals surface area contributed by atoms with Gasteiger partial charge in [0, 0.05) is 12.6 Å². The van der Waals surface area contributed by atoms with Crippen molar-refractivity contribution in [3.8, 4) is 0 Å². The maximum atomic E-state index is 10.8. The van der Waals surface area contributed by atoms with Gasteiger partial charge in [-0.15, -0.1) is 0 Å². The highest BCUT2D eigenvalue weighted by atomic mass is 35.5. The van der Waals surface area contributed by atoms with E-state index in [9.17, 15) is 4.79 Å². The molecule has 0 N–H and O–H groups in total. The number of likely N-dealkylation sites (tertiary alicyclic amines) is 1. The molecule has 0 amide bonds. The summed E-state index contributed by atoms with van der Waals surface area (Å²) in [4.78, 5) is 13.0. The largest absolute Gasteiger partial charge is 0.300 e. The van der Waals surface area contributed by atoms with E-state index in [0.29, 0.717) is 6.04 Å². The number of rotatable bonds is 4. The third-order valence-corrected chi connectivity index (χ3v) is 3.77. The molecule has 0 saturated carbocycles. The van der Waals surface area contributed by atoms with Gasteiger partial charge in [-0.3, -0.25) is 4.90 Å². The SMILES string of the molecule is O=CC(Cl)N1CCCCC1Cc1ccccc1. The first-order valence-corrected chi connectivity index (χ1v) is 6.64. The fraction of sp³-hybridized carbons (Fsp3) is 0.500. The second-order valence-corrected chi connectivity index (χ2v) is 5.03. The fourth-order valence-electron chi connectivity index (χ4n) is 2.53. The van der Waals surface area contributed by atoms with Crippen LogP contribution in [0.1, 0.15) is 24.8 Å². The van der Waals surface area contributed by atoms with E-state index in [0.717, 1.165) is 32.1 Å². The van der Waals surface area contributed by atoms with Crippen molar-refractivity contribution in [3.05, 3.63) is 35.9 Å². The van der Waals surface area contributed by atoms with E-state index in [1.54, 1.807) is 0 Å². The van der Waals surface area contributed by atoms with Crippen LogP contribution in [0.2, 0.25) is 0 Å². The van der Waals surface area contributed by atoms with Crippen molar-refractivity contribution in [1.29, 1.82) is 0 Å². The van der Waals surface area contributed by atoms with Gasteiger partial charge in [-0.1, -0.05) is 48.4 Å². The van der Waals surface area contributed by atoms with Gasteiger partial charge >= 0.3 is 0 Å². The zero-order valence-corrected chi connectivity index (χ0v) is 10.6. The highest BCUT2D eigenvalue weighted by Crippen LogP contribution is 2.23. The molecule has 2 nitrogen and oxygen atoms in total. The number of aldehydes is 1. The van der Waals surface area contributed by atoms with Gasteiger partial charge in [-0.25, -0.2) is 0 Å². The fourth-order valence-corrected chi connectivity index (χ4v) is 2.79. The standard InChI is InChI=1S/C14H18ClNO/c15-14(11-17)16-9-5-4-8-13(16)10-12-6-2-1-3-7-12/h1-3,6-7,11,13-14H,4-5,8-10H2. The molecular weight excluding hydrogens is 234 g/mol. The van der Waals surface area contributed by atoms with Crippen LogP contribution in [0.3, 0.4) is 0 Å². The van der Waals surface area contributed by atoms with Crippen LogP contribution in [0.4, 0.5) is 0 Å². The van der Waals surface area contributed by atoms with Gasteiger partial charge in [0.25, 0.3) is 0 Å². The van der Waals surface area contributed by atoms with Gasteiger partial charge < -0.3 is 4.79 Å². The summed E-state index contributed by atoms with van der Waals surface area (Å²) in [7, 11) is 0. The second kappa shape index (κ2) is 6.18. The van der Waals surface area contributed by atoms with Gasteiger partial charge in [0.2, 0.25) is 0 Å². The Morgan fingerprint density at radius 1 is 1.35 bits per heavy atom. The smallest absolute Gasteiger partial charge is 0.152 e. The summed E-state index contributed by atoms with van der Waals surface area (Å²) in [6, 6.07) is 10.8. The van der Waals surface area contributed by atoms with Crippen LogP contribution in [-0.2, 0) is 11.2 Å². The van der Waals surface area contributed by atoms with Crippen molar-refractivity contribution in [1.82, 2.24) is 4.90 Å². The minimum Gasteiger partial charge on any atom is -0.300 e. The lowest BCUT2D eigenvalue weighted by atomic mass is 9.96. The predicted octanol–water partition coefficient (Wildman–Crippen LogP) is 2.85. The van der Waals surface area contributed by atoms with Crippen LogP contribution in [0.5, 0.6) is 0 Å². The summed E-state index contributed by atoms with van der Waals surface area (Å²) in [5.74, 6) is 0. The molecule has 0 radical (unpaired) electrons. The second-order valence-electron chi connectivity index (χ2n) is 4.59. The molecule has 2 unspecified atom stereocenters. The molecular formula is C14H18ClNO. The summed E-state index contributed by atoms with van der Waals surface area (Å²) >= 11 is 6.06. The van der Waals surface area contributed by atoms with E-state index in [-0.39, 0.29) is 0 Å². The van der Waals surface area contributed by atoms with Crippen LogP contribution < -0.4 is 0 Å². The molecule has 0 aromatic heterocycles. The van der Waals surface area contributed by atoms with E-state index in [1.807, 2.05) is 6.07 Å². The minimum atomic E-state index is -0.469. The first-order chi connectivity index (χ1) is 8.31. The van der Waals surface area contributed by atoms with Crippen molar-refractivity contribution < 1.29 is 4.79 Å². The Morgan fingerprint density at radius 3 is 2.82 bits per heavy atom. The zero-order valence-electron chi connectivity index (χ0n) is 9.89. The highest BCUT2D eigenvalue weighted by molar-refractivity contribution is 6.27. The van der Waals surface area contributed by atoms with Crippen LogP contribution in [0.15, 0.2) is 30.3 Å². The summed E-state index contributed by atoms with van der Waals surface area (Å²) in [6.07, 6.45) is 5.33. The summed E-state index contributed by atoms with van der Waals surface area (Å²) in [5, 5.41) is 0. The summed E-state index contributed by atoms with van der Waals surface area (Å²) in [6.45, 7) is 0.935. The number of nitrogens with zero attached hydrogens (tertiary/aromatic N) is 1. The Kier molecular flexibility index (Phi) is 4.57. The molecule has 2 atom stereocenters. The average Bonchev–Trinajstić information content (AvgIpc) is 2.40. The van der Waals surface area contributed by atoms with Crippen LogP contribution in [0.25, 0.3) is 0 Å². The minimum absolute atomic E-state index is 0.402. The van der Waals surface area contributed by atoms with Gasteiger partial charge in [-0.2, -0.15) is 0 Å². The number of hydrogen-bond acceptors (Lipinski definition) is 2. The van der Waals surface area contributed by atoms with Crippen molar-refractivity contribution in [2.24, 2.45) is 0 Å². The molecule has 0 aliphatic carbocycles. The van der Waals surface area contributed by atoms with Crippen molar-refractivity contribution in [3.63, 3.8) is 0 Å². The normalized spacial score (nSPS) is 23.2. The Bertz CT molecular complexity index is 354. The van der Waals surface area contributed by atoms with Gasteiger partial charge in [0.05, 0.1) is 0 Å². The van der Waals surface area contributed by atoms with E-state index >= 15 is 0 Å². The van der Waals surface area contributed by atoms with Crippen molar-refractivity contribution in [2.75, 3.05) is 6.54 Å². The van der Waals surface area contributed by atoms with Crippen molar-refractivity contribution in [2.45, 2.75) is 37.2 Å². The Labute approximate surface area is 108 Å². The summed E-state index contributed by atoms with van der Waals surface area (Å²) in [5.41, 5.74) is 0.850. The maximum absolute atomic E-state index is 10.8. The van der Waals surface area contributed by atoms with Gasteiger partial charge in [0.1, 0.15) is 5.50 Å². The molecule has 1 fully saturated rings. The number of carbonyl (C=O) groups is 1. The molecule has 0 spiro atoms. The number of hydrogen-bond donors (Lipinski definition) is 0. The number of halogens is 1. The maximum Gasteiger partial charge on any atom is 0.152 e. The van der Waals surface area contributed by atoms with Crippen LogP contribution >= 0.6 is 11.6 Å². The quantitative estimate of drug-likeness (QED) is 0.466. The van der Waals surface area contributed by atoms with Crippen LogP contribution in [0, 0.1) is 0 Å². The molecule has 1 aliphatic heterocycles. The zero-order chi connectivity index (χ0) is 12.1. The topological polar surface area (TPSA) is 20.3 Å². The first-order valence-electron chi connectivity index (χ1n) is 6.20. The molecule has 1 aromatic rings. The van der Waals surface area contributed by atoms with Gasteiger partial charge in [0.15, 0.2) is 6.29 Å².